The quantitative estimate of drug-likeness (QED) is 0.519. The molecule has 35 heavy (non-hydrogen) atoms. The van der Waals surface area contributed by atoms with Crippen LogP contribution in [0.2, 0.25) is 0 Å². The lowest BCUT2D eigenvalue weighted by atomic mass is 9.98. The van der Waals surface area contributed by atoms with Crippen LogP contribution >= 0.6 is 0 Å². The van der Waals surface area contributed by atoms with Gasteiger partial charge in [0, 0.05) is 62.1 Å². The number of hydrogen-bond donors (Lipinski definition) is 0. The maximum Gasteiger partial charge on any atom is 0.352 e. The number of piperazine rings is 1. The number of aromatic nitrogens is 5. The Bertz CT molecular complexity index is 1300. The third-order valence-electron chi connectivity index (χ3n) is 7.74. The molecule has 1 saturated carbocycles. The molecule has 0 aromatic carbocycles. The highest BCUT2D eigenvalue weighted by Crippen LogP contribution is 2.39. The average Bonchev–Trinajstić information content (AvgIpc) is 3.65. The third kappa shape index (κ3) is 4.31. The van der Waals surface area contributed by atoms with Crippen molar-refractivity contribution in [1.29, 1.82) is 5.26 Å². The monoisotopic (exact) mass is 474 g/mol. The van der Waals surface area contributed by atoms with Crippen molar-refractivity contribution in [1.82, 2.24) is 29.0 Å². The van der Waals surface area contributed by atoms with Crippen LogP contribution in [0.1, 0.15) is 75.4 Å². The summed E-state index contributed by atoms with van der Waals surface area (Å²) in [5.74, 6) is 1.23. The highest BCUT2D eigenvalue weighted by Gasteiger charge is 2.37. The van der Waals surface area contributed by atoms with Crippen LogP contribution in [0, 0.1) is 11.3 Å². The molecule has 9 heteroatoms. The summed E-state index contributed by atoms with van der Waals surface area (Å²) in [5, 5.41) is 13.8. The molecule has 3 aromatic rings. The molecule has 3 atom stereocenters. The minimum absolute atomic E-state index is 0.186. The highest BCUT2D eigenvalue weighted by atomic mass is 16.1. The second kappa shape index (κ2) is 9.42. The van der Waals surface area contributed by atoms with Crippen LogP contribution in [0.5, 0.6) is 0 Å². The first-order chi connectivity index (χ1) is 16.9. The van der Waals surface area contributed by atoms with Gasteiger partial charge in [-0.3, -0.25) is 14.5 Å². The fourth-order valence-corrected chi connectivity index (χ4v) is 5.34. The number of hydrogen-bond acceptors (Lipinski definition) is 7. The van der Waals surface area contributed by atoms with Crippen molar-refractivity contribution in [3.05, 3.63) is 51.8 Å². The maximum absolute atomic E-state index is 12.7. The number of fused-ring (bicyclic) bond motifs is 1. The van der Waals surface area contributed by atoms with E-state index in [0.717, 1.165) is 25.9 Å². The fourth-order valence-electron chi connectivity index (χ4n) is 5.34. The number of rotatable bonds is 7. The van der Waals surface area contributed by atoms with E-state index in [1.165, 1.54) is 28.7 Å². The normalized spacial score (nSPS) is 21.9. The predicted octanol–water partition coefficient (Wildman–Crippen LogP) is 3.21. The van der Waals surface area contributed by atoms with Gasteiger partial charge in [0.2, 0.25) is 5.95 Å². The Morgan fingerprint density at radius 3 is 2.57 bits per heavy atom. The Balaban J connectivity index is 1.46. The van der Waals surface area contributed by atoms with Crippen molar-refractivity contribution in [2.45, 2.75) is 76.9 Å². The van der Waals surface area contributed by atoms with Gasteiger partial charge in [-0.1, -0.05) is 19.9 Å². The van der Waals surface area contributed by atoms with E-state index in [1.807, 2.05) is 6.07 Å². The van der Waals surface area contributed by atoms with Gasteiger partial charge in [0.25, 0.3) is 0 Å². The first-order valence-corrected chi connectivity index (χ1v) is 12.8. The molecule has 0 radical (unpaired) electrons. The molecule has 1 aliphatic heterocycles. The number of pyridine rings is 1. The average molecular weight is 475 g/mol. The van der Waals surface area contributed by atoms with Crippen LogP contribution in [-0.2, 0) is 13.5 Å². The highest BCUT2D eigenvalue weighted by molar-refractivity contribution is 5.48. The van der Waals surface area contributed by atoms with Gasteiger partial charge in [0.1, 0.15) is 5.65 Å². The lowest BCUT2D eigenvalue weighted by Crippen LogP contribution is -2.59. The molecule has 2 fully saturated rings. The summed E-state index contributed by atoms with van der Waals surface area (Å²) in [7, 11) is 1.70. The second-order valence-corrected chi connectivity index (χ2v) is 9.93. The number of nitriles is 1. The van der Waals surface area contributed by atoms with Crippen molar-refractivity contribution >= 4 is 11.6 Å². The van der Waals surface area contributed by atoms with Crippen LogP contribution in [0.15, 0.2) is 29.2 Å². The molecule has 0 N–H and O–H groups in total. The smallest absolute Gasteiger partial charge is 0.335 e. The predicted molar refractivity (Wildman–Crippen MR) is 134 cm³/mol. The Morgan fingerprint density at radius 1 is 1.17 bits per heavy atom. The van der Waals surface area contributed by atoms with E-state index >= 15 is 0 Å². The van der Waals surface area contributed by atoms with Crippen molar-refractivity contribution < 1.29 is 0 Å². The molecule has 3 aromatic heterocycles. The van der Waals surface area contributed by atoms with E-state index in [4.69, 9.17) is 10.2 Å². The largest absolute Gasteiger partial charge is 0.352 e. The summed E-state index contributed by atoms with van der Waals surface area (Å²) < 4.78 is 3.23. The molecule has 1 saturated heterocycles. The van der Waals surface area contributed by atoms with Crippen LogP contribution in [0.25, 0.3) is 5.65 Å². The summed E-state index contributed by atoms with van der Waals surface area (Å²) in [6, 6.07) is 9.15. The molecular weight excluding hydrogens is 440 g/mol. The molecule has 0 unspecified atom stereocenters. The molecule has 9 nitrogen and oxygen atoms in total. The van der Waals surface area contributed by atoms with E-state index in [9.17, 15) is 4.79 Å². The zero-order chi connectivity index (χ0) is 24.7. The number of aryl methyl sites for hydroxylation is 1. The number of anilines is 1. The fraction of sp³-hybridized carbons (Fsp3) is 0.577. The van der Waals surface area contributed by atoms with Crippen LogP contribution in [-0.4, -0.2) is 54.2 Å². The second-order valence-electron chi connectivity index (χ2n) is 9.93. The molecule has 0 amide bonds. The lowest BCUT2D eigenvalue weighted by molar-refractivity contribution is 0.0997. The molecular formula is C26H34N8O. The van der Waals surface area contributed by atoms with Gasteiger partial charge in [-0.25, -0.2) is 4.79 Å². The molecule has 2 aliphatic rings. The topological polar surface area (TPSA) is 95.4 Å². The zero-order valence-electron chi connectivity index (χ0n) is 21.1. The SMILES string of the molecule is CC[C@H]1CN([C@@H](C)c2ccc(C3CC3)nc2)[C@H](CC)CN1c1nc(=O)n(C)c2cc(CC#N)nn12. The summed E-state index contributed by atoms with van der Waals surface area (Å²) >= 11 is 0. The standard InChI is InChI=1S/C26H34N8O/c1-5-21-16-33(25-29-26(35)31(4)24-13-20(11-12-27)30-34(24)25)22(6-2)15-32(21)17(3)19-9-10-23(28-14-19)18-7-8-18/h9-10,13-14,17-18,21-22H,5-8,11,15-16H2,1-4H3/t17-,21+,22-/m0/s1. The van der Waals surface area contributed by atoms with Gasteiger partial charge < -0.3 is 4.90 Å². The molecule has 4 heterocycles. The molecule has 5 rings (SSSR count). The first kappa shape index (κ1) is 23.5. The van der Waals surface area contributed by atoms with Crippen molar-refractivity contribution in [2.75, 3.05) is 18.0 Å². The van der Waals surface area contributed by atoms with Gasteiger partial charge in [0.05, 0.1) is 18.2 Å². The van der Waals surface area contributed by atoms with Gasteiger partial charge >= 0.3 is 5.69 Å². The Kier molecular flexibility index (Phi) is 6.32. The lowest BCUT2D eigenvalue weighted by Gasteiger charge is -2.48. The summed E-state index contributed by atoms with van der Waals surface area (Å²) in [4.78, 5) is 26.8. The molecule has 1 aliphatic carbocycles. The molecule has 0 bridgehead atoms. The van der Waals surface area contributed by atoms with E-state index in [2.05, 4.69) is 65.1 Å². The van der Waals surface area contributed by atoms with Crippen LogP contribution < -0.4 is 10.6 Å². The van der Waals surface area contributed by atoms with Crippen LogP contribution in [0.3, 0.4) is 0 Å². The van der Waals surface area contributed by atoms with E-state index < -0.39 is 0 Å². The molecule has 184 valence electrons. The van der Waals surface area contributed by atoms with E-state index in [0.29, 0.717) is 29.2 Å². The van der Waals surface area contributed by atoms with Crippen molar-refractivity contribution in [3.63, 3.8) is 0 Å². The van der Waals surface area contributed by atoms with E-state index in [1.54, 1.807) is 11.6 Å². The van der Waals surface area contributed by atoms with Crippen molar-refractivity contribution in [2.24, 2.45) is 7.05 Å². The van der Waals surface area contributed by atoms with E-state index in [-0.39, 0.29) is 24.2 Å². The van der Waals surface area contributed by atoms with Gasteiger partial charge in [-0.15, -0.1) is 0 Å². The van der Waals surface area contributed by atoms with Crippen molar-refractivity contribution in [3.8, 4) is 6.07 Å². The van der Waals surface area contributed by atoms with Gasteiger partial charge in [-0.05, 0) is 44.2 Å². The summed E-state index contributed by atoms with van der Waals surface area (Å²) in [6.07, 6.45) is 6.69. The Hall–Kier alpha value is -3.25. The zero-order valence-corrected chi connectivity index (χ0v) is 21.1. The number of nitrogens with zero attached hydrogens (tertiary/aromatic N) is 8. The maximum atomic E-state index is 12.7. The minimum Gasteiger partial charge on any atom is -0.335 e. The van der Waals surface area contributed by atoms with Gasteiger partial charge in [-0.2, -0.15) is 19.9 Å². The van der Waals surface area contributed by atoms with Gasteiger partial charge in [0.15, 0.2) is 0 Å². The minimum atomic E-state index is -0.309. The Labute approximate surface area is 206 Å². The first-order valence-electron chi connectivity index (χ1n) is 12.8. The summed E-state index contributed by atoms with van der Waals surface area (Å²) in [5.41, 5.74) is 3.46. The summed E-state index contributed by atoms with van der Waals surface area (Å²) in [6.45, 7) is 8.30. The molecule has 0 spiro atoms. The van der Waals surface area contributed by atoms with Crippen LogP contribution in [0.4, 0.5) is 5.95 Å². The Morgan fingerprint density at radius 2 is 1.94 bits per heavy atom. The third-order valence-corrected chi connectivity index (χ3v) is 7.74.